The van der Waals surface area contributed by atoms with E-state index in [0.717, 1.165) is 0 Å². The van der Waals surface area contributed by atoms with Gasteiger partial charge in [-0.2, -0.15) is 0 Å². The Labute approximate surface area is 167 Å². The number of hydrogen-bond acceptors (Lipinski definition) is 0. The maximum absolute atomic E-state index is 14.3. The second-order valence-electron chi connectivity index (χ2n) is 7.97. The zero-order valence-electron chi connectivity index (χ0n) is 16.0. The summed E-state index contributed by atoms with van der Waals surface area (Å²) in [6.45, 7) is 3.33. The Kier molecular flexibility index (Phi) is 7.00. The quantitative estimate of drug-likeness (QED) is 0.234. The lowest BCUT2D eigenvalue weighted by molar-refractivity contribution is 0.382. The van der Waals surface area contributed by atoms with Crippen molar-refractivity contribution in [3.8, 4) is 0 Å². The first-order valence-corrected chi connectivity index (χ1v) is 12.4. The zero-order chi connectivity index (χ0) is 23.1. The van der Waals surface area contributed by atoms with Gasteiger partial charge in [-0.05, 0) is 0 Å². The van der Waals surface area contributed by atoms with Crippen molar-refractivity contribution >= 4 is 25.7 Å². The summed E-state index contributed by atoms with van der Waals surface area (Å²) in [6.07, 6.45) is -0.625. The van der Waals surface area contributed by atoms with E-state index in [4.69, 9.17) is 0 Å². The molecule has 2 aromatic carbocycles. The molecule has 0 aliphatic heterocycles. The highest BCUT2D eigenvalue weighted by atomic mass is 28.3. The summed E-state index contributed by atoms with van der Waals surface area (Å²) in [6, 6.07) is 0.397. The van der Waals surface area contributed by atoms with E-state index in [1.54, 1.807) is 0 Å². The third kappa shape index (κ3) is 4.38. The molecule has 0 aliphatic carbocycles. The Balaban J connectivity index is 2.80. The van der Waals surface area contributed by atoms with Crippen LogP contribution in [0.3, 0.4) is 0 Å². The molecule has 2 rings (SSSR count). The summed E-state index contributed by atoms with van der Waals surface area (Å²) in [4.78, 5) is 0. The molecular formula is C18H15BF10Si. The van der Waals surface area contributed by atoms with Gasteiger partial charge in [-0.15, -0.1) is 0 Å². The standard InChI is InChI=1S/C18H15BF10Si/c1-30(2,3)6-4-5-19(7-9(20)13(24)17(28)14(25)10(7)21)8-11(22)15(26)18(29)16(27)12(8)23/h4-6H2,1-3H3. The molecule has 164 valence electrons. The van der Waals surface area contributed by atoms with E-state index in [0.29, 0.717) is 6.04 Å². The van der Waals surface area contributed by atoms with Gasteiger partial charge in [-0.25, -0.2) is 43.9 Å². The lowest BCUT2D eigenvalue weighted by Gasteiger charge is -2.21. The van der Waals surface area contributed by atoms with Crippen LogP contribution in [0.25, 0.3) is 0 Å². The molecular weight excluding hydrogens is 445 g/mol. The normalized spacial score (nSPS) is 11.9. The van der Waals surface area contributed by atoms with Crippen LogP contribution in [0.5, 0.6) is 0 Å². The predicted molar refractivity (Wildman–Crippen MR) is 95.1 cm³/mol. The summed E-state index contributed by atoms with van der Waals surface area (Å²) in [5, 5.41) is 0. The Morgan fingerprint density at radius 2 is 0.767 bits per heavy atom. The molecule has 0 aromatic heterocycles. The molecule has 0 unspecified atom stereocenters. The fourth-order valence-electron chi connectivity index (χ4n) is 3.13. The van der Waals surface area contributed by atoms with Crippen molar-refractivity contribution in [2.45, 2.75) is 38.4 Å². The largest absolute Gasteiger partial charge is 0.225 e. The van der Waals surface area contributed by atoms with E-state index >= 15 is 0 Å². The molecule has 0 aliphatic rings. The minimum absolute atomic E-state index is 0.0145. The van der Waals surface area contributed by atoms with Crippen LogP contribution in [0.4, 0.5) is 43.9 Å². The molecule has 0 saturated heterocycles. The van der Waals surface area contributed by atoms with Gasteiger partial charge < -0.3 is 0 Å². The molecule has 0 nitrogen and oxygen atoms in total. The fraction of sp³-hybridized carbons (Fsp3) is 0.333. The van der Waals surface area contributed by atoms with Crippen LogP contribution in [-0.4, -0.2) is 14.8 Å². The molecule has 0 bridgehead atoms. The molecule has 0 radical (unpaired) electrons. The first kappa shape index (κ1) is 24.3. The molecule has 0 spiro atoms. The van der Waals surface area contributed by atoms with Gasteiger partial charge in [0.25, 0.3) is 0 Å². The fourth-order valence-corrected chi connectivity index (χ4v) is 4.39. The lowest BCUT2D eigenvalue weighted by atomic mass is 9.37. The maximum Gasteiger partial charge on any atom is 0.225 e. The smallest absolute Gasteiger partial charge is 0.204 e. The monoisotopic (exact) mass is 460 g/mol. The Morgan fingerprint density at radius 1 is 0.500 bits per heavy atom. The molecule has 0 fully saturated rings. The van der Waals surface area contributed by atoms with Gasteiger partial charge in [0.15, 0.2) is 58.2 Å². The topological polar surface area (TPSA) is 0 Å². The Hall–Kier alpha value is -1.98. The summed E-state index contributed by atoms with van der Waals surface area (Å²) < 4.78 is 139. The minimum Gasteiger partial charge on any atom is -0.204 e. The van der Waals surface area contributed by atoms with Crippen molar-refractivity contribution < 1.29 is 43.9 Å². The number of hydrogen-bond donors (Lipinski definition) is 0. The van der Waals surface area contributed by atoms with Crippen molar-refractivity contribution in [2.24, 2.45) is 0 Å². The Bertz CT molecular complexity index is 859. The van der Waals surface area contributed by atoms with Crippen LogP contribution in [0.2, 0.25) is 32.0 Å². The molecule has 0 amide bonds. The van der Waals surface area contributed by atoms with Crippen LogP contribution >= 0.6 is 0 Å². The number of rotatable bonds is 6. The van der Waals surface area contributed by atoms with Crippen molar-refractivity contribution in [1.29, 1.82) is 0 Å². The molecule has 12 heteroatoms. The number of halogens is 10. The van der Waals surface area contributed by atoms with Crippen LogP contribution < -0.4 is 10.9 Å². The average Bonchev–Trinajstić information content (AvgIpc) is 2.66. The summed E-state index contributed by atoms with van der Waals surface area (Å²) in [5.41, 5.74) is -3.30. The van der Waals surface area contributed by atoms with Crippen LogP contribution in [0.1, 0.15) is 6.42 Å². The van der Waals surface area contributed by atoms with E-state index in [9.17, 15) is 43.9 Å². The molecule has 0 atom stereocenters. The maximum atomic E-state index is 14.3. The van der Waals surface area contributed by atoms with E-state index in [1.165, 1.54) is 0 Å². The van der Waals surface area contributed by atoms with E-state index in [1.807, 2.05) is 19.6 Å². The second-order valence-corrected chi connectivity index (χ2v) is 13.6. The van der Waals surface area contributed by atoms with Gasteiger partial charge in [0.2, 0.25) is 6.71 Å². The number of benzene rings is 2. The molecule has 30 heavy (non-hydrogen) atoms. The van der Waals surface area contributed by atoms with Gasteiger partial charge >= 0.3 is 0 Å². The van der Waals surface area contributed by atoms with Crippen molar-refractivity contribution in [3.05, 3.63) is 58.2 Å². The first-order chi connectivity index (χ1) is 13.7. The van der Waals surface area contributed by atoms with Crippen molar-refractivity contribution in [3.63, 3.8) is 0 Å². The third-order valence-corrected chi connectivity index (χ3v) is 6.46. The first-order valence-electron chi connectivity index (χ1n) is 8.73. The van der Waals surface area contributed by atoms with Gasteiger partial charge in [0.05, 0.1) is 0 Å². The zero-order valence-corrected chi connectivity index (χ0v) is 17.0. The van der Waals surface area contributed by atoms with Crippen molar-refractivity contribution in [2.75, 3.05) is 0 Å². The van der Waals surface area contributed by atoms with Crippen LogP contribution in [-0.2, 0) is 0 Å². The third-order valence-electron chi connectivity index (χ3n) is 4.60. The SMILES string of the molecule is C[Si](C)(C)CCCB(c1c(F)c(F)c(F)c(F)c1F)c1c(F)c(F)c(F)c(F)c1F. The van der Waals surface area contributed by atoms with Gasteiger partial charge in [0.1, 0.15) is 0 Å². The second kappa shape index (κ2) is 8.64. The van der Waals surface area contributed by atoms with Gasteiger partial charge in [-0.1, -0.05) is 38.4 Å². The minimum atomic E-state index is -2.51. The summed E-state index contributed by atoms with van der Waals surface area (Å²) in [7, 11) is -1.83. The van der Waals surface area contributed by atoms with Gasteiger partial charge in [-0.3, -0.25) is 0 Å². The lowest BCUT2D eigenvalue weighted by Crippen LogP contribution is -2.50. The molecule has 0 N–H and O–H groups in total. The highest BCUT2D eigenvalue weighted by Crippen LogP contribution is 2.23. The predicted octanol–water partition coefficient (Wildman–Crippen LogP) is 5.41. The summed E-state index contributed by atoms with van der Waals surface area (Å²) >= 11 is 0. The van der Waals surface area contributed by atoms with Crippen molar-refractivity contribution in [1.82, 2.24) is 0 Å². The van der Waals surface area contributed by atoms with E-state index in [2.05, 4.69) is 0 Å². The highest BCUT2D eigenvalue weighted by molar-refractivity contribution is 6.85. The average molecular weight is 460 g/mol. The van der Waals surface area contributed by atoms with Crippen LogP contribution in [0, 0.1) is 58.2 Å². The molecule has 0 saturated carbocycles. The highest BCUT2D eigenvalue weighted by Gasteiger charge is 2.39. The van der Waals surface area contributed by atoms with Gasteiger partial charge in [0, 0.05) is 19.0 Å². The Morgan fingerprint density at radius 3 is 1.03 bits per heavy atom. The van der Waals surface area contributed by atoms with E-state index < -0.39 is 90.2 Å². The molecule has 0 heterocycles. The van der Waals surface area contributed by atoms with E-state index in [-0.39, 0.29) is 6.42 Å². The molecule has 2 aromatic rings. The summed E-state index contributed by atoms with van der Waals surface area (Å²) in [5.74, 6) is -24.1. The van der Waals surface area contributed by atoms with Crippen LogP contribution in [0.15, 0.2) is 0 Å².